The van der Waals surface area contributed by atoms with Crippen LogP contribution >= 0.6 is 0 Å². The van der Waals surface area contributed by atoms with Crippen LogP contribution in [0.25, 0.3) is 0 Å². The second kappa shape index (κ2) is 18.8. The Morgan fingerprint density at radius 1 is 0.500 bits per heavy atom. The van der Waals surface area contributed by atoms with Crippen molar-refractivity contribution in [1.29, 1.82) is 0 Å². The Hall–Kier alpha value is -1.86. The van der Waals surface area contributed by atoms with Crippen molar-refractivity contribution in [3.63, 3.8) is 0 Å². The normalized spacial score (nSPS) is 6.75. The van der Waals surface area contributed by atoms with E-state index < -0.39 is 0 Å². The van der Waals surface area contributed by atoms with Gasteiger partial charge >= 0.3 is 0 Å². The molecule has 0 unspecified atom stereocenters. The molecule has 0 saturated heterocycles. The molecule has 0 spiro atoms. The molecule has 0 aromatic carbocycles. The molecule has 0 bridgehead atoms. The van der Waals surface area contributed by atoms with E-state index in [1.165, 1.54) is 0 Å². The molecule has 2 aromatic rings. The summed E-state index contributed by atoms with van der Waals surface area (Å²) in [4.78, 5) is 7.57. The molecule has 0 saturated carbocycles. The fraction of sp³-hybridized carbons (Fsp3) is 0. The molecule has 2 rings (SSSR count). The zero-order valence-corrected chi connectivity index (χ0v) is 8.46. The predicted octanol–water partition coefficient (Wildman–Crippen LogP) is 1.05. The Kier molecular flexibility index (Phi) is 19.5. The van der Waals surface area contributed by atoms with Crippen molar-refractivity contribution in [2.45, 2.75) is 0 Å². The molecular formula is C10H12N4O2. The van der Waals surface area contributed by atoms with E-state index in [2.05, 4.69) is 9.97 Å². The van der Waals surface area contributed by atoms with Gasteiger partial charge in [-0.05, 0) is 24.3 Å². The highest BCUT2D eigenvalue weighted by atomic mass is 16.4. The van der Waals surface area contributed by atoms with Gasteiger partial charge in [0.25, 0.3) is 0 Å². The van der Waals surface area contributed by atoms with Crippen LogP contribution in [0.5, 0.6) is 0 Å². The number of pyridine rings is 2. The van der Waals surface area contributed by atoms with Crippen LogP contribution in [0.1, 0.15) is 0 Å². The second-order valence-corrected chi connectivity index (χ2v) is 2.05. The summed E-state index contributed by atoms with van der Waals surface area (Å²) < 4.78 is 0. The van der Waals surface area contributed by atoms with Gasteiger partial charge in [-0.2, -0.15) is 0 Å². The minimum absolute atomic E-state index is 1.75. The maximum absolute atomic E-state index is 6.00. The lowest BCUT2D eigenvalue weighted by Crippen LogP contribution is -1.58. The summed E-state index contributed by atoms with van der Waals surface area (Å²) >= 11 is 0. The third-order valence-corrected chi connectivity index (χ3v) is 1.13. The van der Waals surface area contributed by atoms with E-state index in [4.69, 9.17) is 22.2 Å². The molecule has 16 heavy (non-hydrogen) atoms. The first kappa shape index (κ1) is 16.6. The summed E-state index contributed by atoms with van der Waals surface area (Å²) in [6, 6.07) is 11.4. The highest BCUT2D eigenvalue weighted by Crippen LogP contribution is 1.74. The van der Waals surface area contributed by atoms with E-state index >= 15 is 0 Å². The number of rotatable bonds is 0. The summed E-state index contributed by atoms with van der Waals surface area (Å²) in [6.45, 7) is 0. The lowest BCUT2D eigenvalue weighted by molar-refractivity contribution is 0.283. The van der Waals surface area contributed by atoms with E-state index in [0.717, 1.165) is 0 Å². The highest BCUT2D eigenvalue weighted by Gasteiger charge is 1.59. The van der Waals surface area contributed by atoms with Gasteiger partial charge in [0, 0.05) is 36.6 Å². The monoisotopic (exact) mass is 220 g/mol. The van der Waals surface area contributed by atoms with Crippen LogP contribution in [0.2, 0.25) is 0 Å². The van der Waals surface area contributed by atoms with Gasteiger partial charge < -0.3 is 0 Å². The van der Waals surface area contributed by atoms with E-state index in [0.29, 0.717) is 0 Å². The van der Waals surface area contributed by atoms with Crippen molar-refractivity contribution in [3.05, 3.63) is 61.2 Å². The summed E-state index contributed by atoms with van der Waals surface area (Å²) in [5, 5.41) is 12.0. The van der Waals surface area contributed by atoms with E-state index in [1.54, 1.807) is 24.8 Å². The summed E-state index contributed by atoms with van der Waals surface area (Å²) in [7, 11) is 0. The smallest absolute Gasteiger partial charge is 0.0375 e. The highest BCUT2D eigenvalue weighted by molar-refractivity contribution is 4.88. The molecule has 0 aliphatic heterocycles. The van der Waals surface area contributed by atoms with Gasteiger partial charge in [-0.15, -0.1) is 0 Å². The van der Waals surface area contributed by atoms with Crippen LogP contribution in [0.15, 0.2) is 61.2 Å². The maximum Gasteiger partial charge on any atom is 0.0375 e. The molecule has 0 fully saturated rings. The molecule has 2 heterocycles. The molecule has 0 atom stereocenters. The third kappa shape index (κ3) is 14.7. The van der Waals surface area contributed by atoms with Crippen molar-refractivity contribution in [2.75, 3.05) is 0 Å². The second-order valence-electron chi connectivity index (χ2n) is 2.05. The van der Waals surface area contributed by atoms with Crippen LogP contribution in [0, 0.1) is 0 Å². The molecule has 4 radical (unpaired) electrons. The first-order valence-electron chi connectivity index (χ1n) is 4.10. The van der Waals surface area contributed by atoms with Gasteiger partial charge in [0.2, 0.25) is 0 Å². The summed E-state index contributed by atoms with van der Waals surface area (Å²) in [5.41, 5.74) is 0. The van der Waals surface area contributed by atoms with Crippen LogP contribution in [0.4, 0.5) is 0 Å². The minimum atomic E-state index is 1.75. The Morgan fingerprint density at radius 2 is 0.750 bits per heavy atom. The quantitative estimate of drug-likeness (QED) is 0.646. The van der Waals surface area contributed by atoms with Crippen LogP contribution < -0.4 is 11.8 Å². The SMILES string of the molecule is [N]O.[N]O.c1ccncc1.c1ccncc1. The molecule has 84 valence electrons. The van der Waals surface area contributed by atoms with Crippen molar-refractivity contribution in [1.82, 2.24) is 21.8 Å². The summed E-state index contributed by atoms with van der Waals surface area (Å²) in [5.74, 6) is 12.0. The fourth-order valence-electron chi connectivity index (χ4n) is 0.625. The van der Waals surface area contributed by atoms with Gasteiger partial charge in [-0.3, -0.25) is 20.4 Å². The first-order chi connectivity index (χ1) is 8.00. The number of aromatic nitrogens is 2. The molecule has 0 aliphatic rings. The van der Waals surface area contributed by atoms with E-state index in [1.807, 2.05) is 36.4 Å². The van der Waals surface area contributed by atoms with Crippen molar-refractivity contribution >= 4 is 0 Å². The molecule has 0 amide bonds. The lowest BCUT2D eigenvalue weighted by atomic mass is 10.5. The van der Waals surface area contributed by atoms with Gasteiger partial charge in [-0.1, -0.05) is 12.1 Å². The number of nitrogens with zero attached hydrogens (tertiary/aromatic N) is 4. The zero-order chi connectivity index (χ0) is 12.5. The molecule has 6 heteroatoms. The molecular weight excluding hydrogens is 208 g/mol. The molecule has 6 nitrogen and oxygen atoms in total. The van der Waals surface area contributed by atoms with E-state index in [-0.39, 0.29) is 0 Å². The summed E-state index contributed by atoms with van der Waals surface area (Å²) in [6.07, 6.45) is 7.00. The van der Waals surface area contributed by atoms with Gasteiger partial charge in [0.15, 0.2) is 0 Å². The average molecular weight is 220 g/mol. The molecule has 2 N–H and O–H groups in total. The van der Waals surface area contributed by atoms with Gasteiger partial charge in [0.1, 0.15) is 0 Å². The van der Waals surface area contributed by atoms with Crippen molar-refractivity contribution in [2.24, 2.45) is 0 Å². The first-order valence-corrected chi connectivity index (χ1v) is 4.10. The Labute approximate surface area is 94.1 Å². The Bertz CT molecular complexity index is 196. The van der Waals surface area contributed by atoms with E-state index in [9.17, 15) is 0 Å². The average Bonchev–Trinajstić information content (AvgIpc) is 2.48. The van der Waals surface area contributed by atoms with Gasteiger partial charge in [0.05, 0.1) is 0 Å². The Balaban J connectivity index is 0. The van der Waals surface area contributed by atoms with Crippen LogP contribution in [-0.2, 0) is 0 Å². The maximum atomic E-state index is 6.00. The third-order valence-electron chi connectivity index (χ3n) is 1.13. The Morgan fingerprint density at radius 3 is 0.812 bits per heavy atom. The standard InChI is InChI=1S/2C5H5N.2HNO/c2*1-2-4-6-5-3-1;2*1-2/h2*1-5H;2*2H. The number of hydrogen-bond acceptors (Lipinski definition) is 4. The van der Waals surface area contributed by atoms with Crippen LogP contribution in [-0.4, -0.2) is 20.4 Å². The molecule has 2 aromatic heterocycles. The predicted molar refractivity (Wildman–Crippen MR) is 56.3 cm³/mol. The van der Waals surface area contributed by atoms with Crippen LogP contribution in [0.3, 0.4) is 0 Å². The largest absolute Gasteiger partial charge is 0.279 e. The van der Waals surface area contributed by atoms with Crippen molar-refractivity contribution in [3.8, 4) is 0 Å². The topological polar surface area (TPSA) is 111 Å². The zero-order valence-electron chi connectivity index (χ0n) is 8.46. The molecule has 0 aliphatic carbocycles. The fourth-order valence-corrected chi connectivity index (χ4v) is 0.625. The minimum Gasteiger partial charge on any atom is -0.279 e. The lowest BCUT2D eigenvalue weighted by Gasteiger charge is -1.70. The van der Waals surface area contributed by atoms with Crippen molar-refractivity contribution < 1.29 is 10.4 Å². The number of hydrogen-bond donors (Lipinski definition) is 2. The van der Waals surface area contributed by atoms with Gasteiger partial charge in [-0.25, -0.2) is 0 Å².